The van der Waals surface area contributed by atoms with Crippen molar-refractivity contribution in [1.82, 2.24) is 9.80 Å². The molecular formula is C26H27N3O7. The van der Waals surface area contributed by atoms with E-state index in [4.69, 9.17) is 14.2 Å². The molecule has 2 saturated heterocycles. The van der Waals surface area contributed by atoms with Gasteiger partial charge in [0.2, 0.25) is 0 Å². The minimum atomic E-state index is -0.638. The Kier molecular flexibility index (Phi) is 6.26. The molecule has 2 atom stereocenters. The number of urea groups is 1. The van der Waals surface area contributed by atoms with Gasteiger partial charge in [-0.05, 0) is 42.2 Å². The van der Waals surface area contributed by atoms with Crippen molar-refractivity contribution in [1.29, 1.82) is 0 Å². The van der Waals surface area contributed by atoms with Crippen LogP contribution in [0.1, 0.15) is 50.7 Å². The van der Waals surface area contributed by atoms with Crippen molar-refractivity contribution < 1.29 is 33.4 Å². The number of nitrogens with zero attached hydrogens (tertiary/aromatic N) is 2. The van der Waals surface area contributed by atoms with E-state index < -0.39 is 11.9 Å². The Balaban J connectivity index is 1.26. The summed E-state index contributed by atoms with van der Waals surface area (Å²) in [5.74, 6) is -1.28. The number of likely N-dealkylation sites (tertiary alicyclic amines) is 1. The van der Waals surface area contributed by atoms with Crippen molar-refractivity contribution in [3.05, 3.63) is 64.7 Å². The lowest BCUT2D eigenvalue weighted by Crippen LogP contribution is -2.48. The summed E-state index contributed by atoms with van der Waals surface area (Å²) >= 11 is 0. The predicted octanol–water partition coefficient (Wildman–Crippen LogP) is 3.37. The second kappa shape index (κ2) is 9.52. The van der Waals surface area contributed by atoms with E-state index in [1.165, 1.54) is 38.0 Å². The maximum atomic E-state index is 13.0. The molecule has 2 fully saturated rings. The smallest absolute Gasteiger partial charge is 0.411 e. The van der Waals surface area contributed by atoms with Crippen LogP contribution >= 0.6 is 0 Å². The SMILES string of the molecule is COC(=O)c1cc(NC(=O)N2CCC(N3C(=O)O[C@@H]4Cc5ccccc5[C@@H]43)CC2)cc(C(=O)OC)c1. The number of fused-ring (bicyclic) bond motifs is 3. The first-order chi connectivity index (χ1) is 17.4. The van der Waals surface area contributed by atoms with Crippen molar-refractivity contribution in [2.24, 2.45) is 0 Å². The molecule has 3 aliphatic rings. The fourth-order valence-electron chi connectivity index (χ4n) is 5.37. The molecular weight excluding hydrogens is 466 g/mol. The zero-order chi connectivity index (χ0) is 25.4. The van der Waals surface area contributed by atoms with Crippen LogP contribution in [0.5, 0.6) is 0 Å². The number of piperidine rings is 1. The third-order valence-electron chi connectivity index (χ3n) is 7.08. The summed E-state index contributed by atoms with van der Waals surface area (Å²) in [6.07, 6.45) is 1.50. The van der Waals surface area contributed by atoms with Crippen LogP contribution in [-0.4, -0.2) is 73.3 Å². The van der Waals surface area contributed by atoms with Crippen molar-refractivity contribution in [2.75, 3.05) is 32.6 Å². The van der Waals surface area contributed by atoms with Gasteiger partial charge in [0.25, 0.3) is 0 Å². The van der Waals surface area contributed by atoms with Crippen LogP contribution in [0.4, 0.5) is 15.3 Å². The summed E-state index contributed by atoms with van der Waals surface area (Å²) in [6.45, 7) is 0.889. The summed E-state index contributed by atoms with van der Waals surface area (Å²) in [5, 5.41) is 2.76. The molecule has 0 radical (unpaired) electrons. The number of ether oxygens (including phenoxy) is 3. The number of methoxy groups -OCH3 is 2. The molecule has 3 amide bonds. The minimum absolute atomic E-state index is 0.0312. The Morgan fingerprint density at radius 3 is 2.25 bits per heavy atom. The predicted molar refractivity (Wildman–Crippen MR) is 128 cm³/mol. The Morgan fingerprint density at radius 2 is 1.61 bits per heavy atom. The highest BCUT2D eigenvalue weighted by molar-refractivity contribution is 5.99. The van der Waals surface area contributed by atoms with Gasteiger partial charge in [-0.2, -0.15) is 0 Å². The molecule has 2 aliphatic heterocycles. The number of hydrogen-bond acceptors (Lipinski definition) is 7. The van der Waals surface area contributed by atoms with E-state index in [1.54, 1.807) is 4.90 Å². The zero-order valence-corrected chi connectivity index (χ0v) is 20.1. The van der Waals surface area contributed by atoms with Crippen molar-refractivity contribution in [3.63, 3.8) is 0 Å². The van der Waals surface area contributed by atoms with E-state index in [0.717, 1.165) is 12.0 Å². The van der Waals surface area contributed by atoms with Crippen LogP contribution in [0.25, 0.3) is 0 Å². The fourth-order valence-corrected chi connectivity index (χ4v) is 5.37. The van der Waals surface area contributed by atoms with Crippen molar-refractivity contribution in [2.45, 2.75) is 37.5 Å². The average Bonchev–Trinajstić information content (AvgIpc) is 3.41. The van der Waals surface area contributed by atoms with Gasteiger partial charge >= 0.3 is 24.1 Å². The standard InChI is InChI=1S/C26H27N3O7/c1-34-23(30)16-11-17(24(31)35-2)13-18(12-16)27-25(32)28-9-7-19(8-10-28)29-22-20-6-4-3-5-15(20)14-21(22)36-26(29)33/h3-6,11-13,19,21-22H,7-10,14H2,1-2H3,(H,27,32)/t21-,22+/m1/s1. The van der Waals surface area contributed by atoms with Gasteiger partial charge in [-0.3, -0.25) is 4.90 Å². The number of amides is 3. The Hall–Kier alpha value is -4.08. The van der Waals surface area contributed by atoms with Gasteiger partial charge in [0, 0.05) is 31.2 Å². The number of carbonyl (C=O) groups is 4. The lowest BCUT2D eigenvalue weighted by molar-refractivity contribution is 0.0599. The highest BCUT2D eigenvalue weighted by Crippen LogP contribution is 2.44. The molecule has 1 N–H and O–H groups in total. The average molecular weight is 494 g/mol. The number of carbonyl (C=O) groups excluding carboxylic acids is 4. The minimum Gasteiger partial charge on any atom is -0.465 e. The van der Waals surface area contributed by atoms with Gasteiger partial charge in [0.1, 0.15) is 6.10 Å². The lowest BCUT2D eigenvalue weighted by atomic mass is 9.99. The molecule has 5 rings (SSSR count). The van der Waals surface area contributed by atoms with E-state index in [2.05, 4.69) is 17.4 Å². The Labute approximate surface area is 208 Å². The summed E-state index contributed by atoms with van der Waals surface area (Å²) in [7, 11) is 2.47. The third-order valence-corrected chi connectivity index (χ3v) is 7.08. The molecule has 0 spiro atoms. The third kappa shape index (κ3) is 4.23. The number of rotatable bonds is 4. The van der Waals surface area contributed by atoms with E-state index in [1.807, 2.05) is 17.0 Å². The van der Waals surface area contributed by atoms with E-state index in [9.17, 15) is 19.2 Å². The molecule has 1 aliphatic carbocycles. The Bertz CT molecular complexity index is 1190. The van der Waals surface area contributed by atoms with Crippen LogP contribution in [0.15, 0.2) is 42.5 Å². The normalized spacial score (nSPS) is 20.9. The topological polar surface area (TPSA) is 114 Å². The molecule has 2 aromatic carbocycles. The van der Waals surface area contributed by atoms with Gasteiger partial charge in [0.05, 0.1) is 31.4 Å². The summed E-state index contributed by atoms with van der Waals surface area (Å²) in [6, 6.07) is 11.9. The Morgan fingerprint density at radius 1 is 0.972 bits per heavy atom. The van der Waals surface area contributed by atoms with Crippen LogP contribution in [-0.2, 0) is 20.6 Å². The number of benzene rings is 2. The van der Waals surface area contributed by atoms with Gasteiger partial charge < -0.3 is 24.4 Å². The summed E-state index contributed by atoms with van der Waals surface area (Å²) in [5.41, 5.74) is 2.86. The molecule has 0 aromatic heterocycles. The van der Waals surface area contributed by atoms with Crippen LogP contribution < -0.4 is 5.32 Å². The van der Waals surface area contributed by atoms with E-state index >= 15 is 0 Å². The van der Waals surface area contributed by atoms with Crippen LogP contribution in [0, 0.1) is 0 Å². The fraction of sp³-hybridized carbons (Fsp3) is 0.385. The highest BCUT2D eigenvalue weighted by atomic mass is 16.6. The van der Waals surface area contributed by atoms with E-state index in [-0.39, 0.29) is 47.1 Å². The largest absolute Gasteiger partial charge is 0.465 e. The van der Waals surface area contributed by atoms with Gasteiger partial charge in [-0.25, -0.2) is 19.2 Å². The molecule has 2 aromatic rings. The number of anilines is 1. The quantitative estimate of drug-likeness (QED) is 0.513. The molecule has 36 heavy (non-hydrogen) atoms. The second-order valence-electron chi connectivity index (χ2n) is 9.11. The van der Waals surface area contributed by atoms with Gasteiger partial charge in [-0.1, -0.05) is 24.3 Å². The number of esters is 2. The van der Waals surface area contributed by atoms with Crippen molar-refractivity contribution in [3.8, 4) is 0 Å². The summed E-state index contributed by atoms with van der Waals surface area (Å²) < 4.78 is 15.2. The first-order valence-corrected chi connectivity index (χ1v) is 11.8. The first-order valence-electron chi connectivity index (χ1n) is 11.8. The van der Waals surface area contributed by atoms with E-state index in [0.29, 0.717) is 25.9 Å². The van der Waals surface area contributed by atoms with Crippen LogP contribution in [0.2, 0.25) is 0 Å². The molecule has 0 saturated carbocycles. The number of nitrogens with one attached hydrogen (secondary N) is 1. The monoisotopic (exact) mass is 493 g/mol. The molecule has 0 unspecified atom stereocenters. The van der Waals surface area contributed by atoms with Gasteiger partial charge in [-0.15, -0.1) is 0 Å². The zero-order valence-electron chi connectivity index (χ0n) is 20.1. The lowest BCUT2D eigenvalue weighted by Gasteiger charge is -2.37. The molecule has 10 nitrogen and oxygen atoms in total. The van der Waals surface area contributed by atoms with Gasteiger partial charge in [0.15, 0.2) is 0 Å². The molecule has 188 valence electrons. The maximum Gasteiger partial charge on any atom is 0.411 e. The highest BCUT2D eigenvalue weighted by Gasteiger charge is 2.50. The number of hydrogen-bond donors (Lipinski definition) is 1. The van der Waals surface area contributed by atoms with Crippen molar-refractivity contribution >= 4 is 29.8 Å². The second-order valence-corrected chi connectivity index (χ2v) is 9.11. The first kappa shape index (κ1) is 23.7. The molecule has 2 heterocycles. The molecule has 10 heteroatoms. The molecule has 0 bridgehead atoms. The maximum absolute atomic E-state index is 13.0. The van der Waals surface area contributed by atoms with Crippen LogP contribution in [0.3, 0.4) is 0 Å². The summed E-state index contributed by atoms with van der Waals surface area (Å²) in [4.78, 5) is 53.2.